The summed E-state index contributed by atoms with van der Waals surface area (Å²) in [5.41, 5.74) is 1.00. The Kier molecular flexibility index (Phi) is 7.70. The molecule has 37 heavy (non-hydrogen) atoms. The Morgan fingerprint density at radius 3 is 2.38 bits per heavy atom. The maximum Gasteiger partial charge on any atom is 0.416 e. The monoisotopic (exact) mass is 548 g/mol. The molecular formula is C26H24ClF3N4O2S. The van der Waals surface area contributed by atoms with Gasteiger partial charge >= 0.3 is 6.18 Å². The number of hydrogen-bond donors (Lipinski definition) is 1. The van der Waals surface area contributed by atoms with Gasteiger partial charge in [0.15, 0.2) is 11.0 Å². The molecule has 0 aliphatic carbocycles. The maximum absolute atomic E-state index is 13.0. The van der Waals surface area contributed by atoms with E-state index in [0.717, 1.165) is 35.5 Å². The van der Waals surface area contributed by atoms with Gasteiger partial charge in [-0.15, -0.1) is 10.2 Å². The van der Waals surface area contributed by atoms with E-state index in [1.165, 1.54) is 5.56 Å². The number of benzene rings is 2. The van der Waals surface area contributed by atoms with Gasteiger partial charge in [-0.1, -0.05) is 68.4 Å². The van der Waals surface area contributed by atoms with Crippen LogP contribution in [-0.4, -0.2) is 26.4 Å². The summed E-state index contributed by atoms with van der Waals surface area (Å²) >= 11 is 7.10. The van der Waals surface area contributed by atoms with Gasteiger partial charge in [0.25, 0.3) is 0 Å². The Hall–Kier alpha value is -3.24. The van der Waals surface area contributed by atoms with Crippen molar-refractivity contribution in [2.24, 2.45) is 0 Å². The number of amides is 1. The smallest absolute Gasteiger partial charge is 0.416 e. The number of carbonyl (C=O) groups is 1. The van der Waals surface area contributed by atoms with Crippen molar-refractivity contribution >= 4 is 35.0 Å². The molecule has 11 heteroatoms. The van der Waals surface area contributed by atoms with Gasteiger partial charge in [-0.3, -0.25) is 9.36 Å². The number of halogens is 4. The molecule has 1 N–H and O–H groups in total. The molecule has 0 spiro atoms. The molecule has 0 unspecified atom stereocenters. The molecule has 0 saturated carbocycles. The van der Waals surface area contributed by atoms with Crippen molar-refractivity contribution in [2.45, 2.75) is 44.1 Å². The first-order valence-electron chi connectivity index (χ1n) is 11.3. The van der Waals surface area contributed by atoms with Crippen LogP contribution in [0.1, 0.15) is 37.7 Å². The standard InChI is InChI=1S/C26H24ClF3N4O2S/c1-25(2,3)17-8-6-16(7-9-17)23-32-33-24(34(23)14-19-5-4-12-36-19)37-15-22(35)31-21-13-18(26(28,29)30)10-11-20(21)27/h4-13H,14-15H2,1-3H3,(H,31,35). The number of hydrogen-bond acceptors (Lipinski definition) is 5. The summed E-state index contributed by atoms with van der Waals surface area (Å²) in [4.78, 5) is 12.6. The summed E-state index contributed by atoms with van der Waals surface area (Å²) < 4.78 is 46.5. The first-order chi connectivity index (χ1) is 17.4. The second kappa shape index (κ2) is 10.6. The molecule has 4 rings (SSSR count). The molecule has 194 valence electrons. The summed E-state index contributed by atoms with van der Waals surface area (Å²) in [5.74, 6) is 0.621. The minimum Gasteiger partial charge on any atom is -0.467 e. The second-order valence-corrected chi connectivity index (χ2v) is 10.7. The molecule has 2 aromatic carbocycles. The first kappa shape index (κ1) is 26.8. The number of anilines is 1. The van der Waals surface area contributed by atoms with E-state index in [0.29, 0.717) is 23.3 Å². The number of alkyl halides is 3. The normalized spacial score (nSPS) is 12.1. The third-order valence-corrected chi connectivity index (χ3v) is 6.82. The Morgan fingerprint density at radius 1 is 1.05 bits per heavy atom. The third-order valence-electron chi connectivity index (χ3n) is 5.52. The Morgan fingerprint density at radius 2 is 1.76 bits per heavy atom. The first-order valence-corrected chi connectivity index (χ1v) is 12.6. The quantitative estimate of drug-likeness (QED) is 0.246. The van der Waals surface area contributed by atoms with Crippen molar-refractivity contribution in [3.8, 4) is 11.4 Å². The zero-order chi connectivity index (χ0) is 26.8. The molecule has 0 radical (unpaired) electrons. The summed E-state index contributed by atoms with van der Waals surface area (Å²) in [6.45, 7) is 6.73. The van der Waals surface area contributed by atoms with Crippen LogP contribution in [0, 0.1) is 0 Å². The molecule has 4 aromatic rings. The highest BCUT2D eigenvalue weighted by atomic mass is 35.5. The SMILES string of the molecule is CC(C)(C)c1ccc(-c2nnc(SCC(=O)Nc3cc(C(F)(F)F)ccc3Cl)n2Cc2ccco2)cc1. The fourth-order valence-electron chi connectivity index (χ4n) is 3.54. The summed E-state index contributed by atoms with van der Waals surface area (Å²) in [6, 6.07) is 14.4. The molecule has 0 fully saturated rings. The molecule has 0 aliphatic heterocycles. The number of aromatic nitrogens is 3. The van der Waals surface area contributed by atoms with Gasteiger partial charge in [0.05, 0.1) is 34.8 Å². The average molecular weight is 549 g/mol. The van der Waals surface area contributed by atoms with Crippen molar-refractivity contribution in [3.63, 3.8) is 0 Å². The largest absolute Gasteiger partial charge is 0.467 e. The predicted molar refractivity (Wildman–Crippen MR) is 138 cm³/mol. The lowest BCUT2D eigenvalue weighted by atomic mass is 9.87. The van der Waals surface area contributed by atoms with E-state index in [1.54, 1.807) is 12.3 Å². The number of rotatable bonds is 7. The minimum atomic E-state index is -4.55. The lowest BCUT2D eigenvalue weighted by Crippen LogP contribution is -2.16. The second-order valence-electron chi connectivity index (χ2n) is 9.33. The van der Waals surface area contributed by atoms with E-state index in [4.69, 9.17) is 16.0 Å². The number of furan rings is 1. The molecular weight excluding hydrogens is 525 g/mol. The van der Waals surface area contributed by atoms with E-state index in [1.807, 2.05) is 34.9 Å². The van der Waals surface area contributed by atoms with Crippen molar-refractivity contribution in [3.05, 3.63) is 82.8 Å². The number of carbonyl (C=O) groups excluding carboxylic acids is 1. The van der Waals surface area contributed by atoms with Gasteiger partial charge < -0.3 is 9.73 Å². The molecule has 0 bridgehead atoms. The van der Waals surface area contributed by atoms with E-state index in [2.05, 4.69) is 36.3 Å². The molecule has 2 heterocycles. The van der Waals surface area contributed by atoms with Gasteiger partial charge in [0.2, 0.25) is 5.91 Å². The van der Waals surface area contributed by atoms with Gasteiger partial charge in [-0.25, -0.2) is 0 Å². The Labute approximate surface area is 221 Å². The van der Waals surface area contributed by atoms with Crippen molar-refractivity contribution in [1.82, 2.24) is 14.8 Å². The van der Waals surface area contributed by atoms with Crippen LogP contribution in [-0.2, 0) is 22.9 Å². The van der Waals surface area contributed by atoms with Crippen LogP contribution in [0.15, 0.2) is 70.4 Å². The van der Waals surface area contributed by atoms with Crippen LogP contribution < -0.4 is 5.32 Å². The van der Waals surface area contributed by atoms with Gasteiger partial charge in [-0.2, -0.15) is 13.2 Å². The summed E-state index contributed by atoms with van der Waals surface area (Å²) in [6.07, 6.45) is -2.99. The van der Waals surface area contributed by atoms with Crippen LogP contribution in [0.3, 0.4) is 0 Å². The molecule has 6 nitrogen and oxygen atoms in total. The Bertz CT molecular complexity index is 1380. The van der Waals surface area contributed by atoms with E-state index < -0.39 is 17.6 Å². The van der Waals surface area contributed by atoms with Gasteiger partial charge in [0, 0.05) is 5.56 Å². The van der Waals surface area contributed by atoms with Crippen LogP contribution in [0.5, 0.6) is 0 Å². The highest BCUT2D eigenvalue weighted by molar-refractivity contribution is 7.99. The highest BCUT2D eigenvalue weighted by Gasteiger charge is 2.31. The van der Waals surface area contributed by atoms with Crippen LogP contribution in [0.25, 0.3) is 11.4 Å². The topological polar surface area (TPSA) is 73.0 Å². The van der Waals surface area contributed by atoms with Crippen molar-refractivity contribution in [2.75, 3.05) is 11.1 Å². The van der Waals surface area contributed by atoms with Crippen LogP contribution >= 0.6 is 23.4 Å². The summed E-state index contributed by atoms with van der Waals surface area (Å²) in [7, 11) is 0. The molecule has 1 amide bonds. The number of nitrogens with zero attached hydrogens (tertiary/aromatic N) is 3. The van der Waals surface area contributed by atoms with Crippen LogP contribution in [0.2, 0.25) is 5.02 Å². The fourth-order valence-corrected chi connectivity index (χ4v) is 4.45. The predicted octanol–water partition coefficient (Wildman–Crippen LogP) is 7.29. The lowest BCUT2D eigenvalue weighted by Gasteiger charge is -2.19. The minimum absolute atomic E-state index is 0.00272. The van der Waals surface area contributed by atoms with E-state index in [9.17, 15) is 18.0 Å². The zero-order valence-corrected chi connectivity index (χ0v) is 21.8. The van der Waals surface area contributed by atoms with Crippen LogP contribution in [0.4, 0.5) is 18.9 Å². The van der Waals surface area contributed by atoms with Gasteiger partial charge in [0.1, 0.15) is 5.76 Å². The number of nitrogens with one attached hydrogen (secondary N) is 1. The fraction of sp³-hybridized carbons (Fsp3) is 0.269. The number of thioether (sulfide) groups is 1. The molecule has 0 atom stereocenters. The highest BCUT2D eigenvalue weighted by Crippen LogP contribution is 2.34. The van der Waals surface area contributed by atoms with Crippen molar-refractivity contribution in [1.29, 1.82) is 0 Å². The molecule has 2 aromatic heterocycles. The Balaban J connectivity index is 1.54. The van der Waals surface area contributed by atoms with Crippen molar-refractivity contribution < 1.29 is 22.4 Å². The molecule has 0 aliphatic rings. The average Bonchev–Trinajstić information content (AvgIpc) is 3.48. The summed E-state index contributed by atoms with van der Waals surface area (Å²) in [5, 5.41) is 11.5. The van der Waals surface area contributed by atoms with E-state index in [-0.39, 0.29) is 21.9 Å². The maximum atomic E-state index is 13.0. The lowest BCUT2D eigenvalue weighted by molar-refractivity contribution is -0.137. The molecule has 0 saturated heterocycles. The van der Waals surface area contributed by atoms with Gasteiger partial charge in [-0.05, 0) is 41.3 Å². The van der Waals surface area contributed by atoms with E-state index >= 15 is 0 Å². The zero-order valence-electron chi connectivity index (χ0n) is 20.3. The third kappa shape index (κ3) is 6.56.